The molecule has 0 aliphatic rings. The third kappa shape index (κ3) is 4.30. The summed E-state index contributed by atoms with van der Waals surface area (Å²) in [6, 6.07) is 4.61. The summed E-state index contributed by atoms with van der Waals surface area (Å²) in [7, 11) is 0. The SMILES string of the molecule is CC(C)n1ncc2cc(NC(=O)CCNC(=O)c3ccc(F)cc3F)cnc21. The Kier molecular flexibility index (Phi) is 5.62. The van der Waals surface area contributed by atoms with E-state index in [-0.39, 0.29) is 30.5 Å². The van der Waals surface area contributed by atoms with E-state index in [4.69, 9.17) is 0 Å². The number of benzene rings is 1. The van der Waals surface area contributed by atoms with E-state index < -0.39 is 17.5 Å². The van der Waals surface area contributed by atoms with Gasteiger partial charge in [0, 0.05) is 30.5 Å². The van der Waals surface area contributed by atoms with Gasteiger partial charge in [0.15, 0.2) is 5.65 Å². The van der Waals surface area contributed by atoms with Crippen molar-refractivity contribution in [1.82, 2.24) is 20.1 Å². The average Bonchev–Trinajstić information content (AvgIpc) is 3.05. The number of amides is 2. The second-order valence-corrected chi connectivity index (χ2v) is 6.50. The molecule has 0 saturated carbocycles. The van der Waals surface area contributed by atoms with Gasteiger partial charge in [-0.3, -0.25) is 9.59 Å². The summed E-state index contributed by atoms with van der Waals surface area (Å²) in [5.41, 5.74) is 0.955. The van der Waals surface area contributed by atoms with Crippen molar-refractivity contribution >= 4 is 28.5 Å². The smallest absolute Gasteiger partial charge is 0.254 e. The standard InChI is InChI=1S/C19H19F2N5O2/c1-11(2)26-18-12(9-24-26)7-14(10-23-18)25-17(27)5-6-22-19(28)15-4-3-13(20)8-16(15)21/h3-4,7-11H,5-6H2,1-2H3,(H,22,28)(H,25,27). The summed E-state index contributed by atoms with van der Waals surface area (Å²) in [5, 5.41) is 10.2. The Hall–Kier alpha value is -3.36. The summed E-state index contributed by atoms with van der Waals surface area (Å²) in [6.07, 6.45) is 3.20. The first-order valence-corrected chi connectivity index (χ1v) is 8.71. The van der Waals surface area contributed by atoms with E-state index >= 15 is 0 Å². The molecule has 0 aliphatic carbocycles. The fourth-order valence-corrected chi connectivity index (χ4v) is 2.67. The molecule has 2 amide bonds. The zero-order chi connectivity index (χ0) is 20.3. The lowest BCUT2D eigenvalue weighted by Crippen LogP contribution is -2.28. The number of anilines is 1. The minimum absolute atomic E-state index is 0.00242. The van der Waals surface area contributed by atoms with Crippen molar-refractivity contribution < 1.29 is 18.4 Å². The first-order valence-electron chi connectivity index (χ1n) is 8.71. The number of aromatic nitrogens is 3. The fourth-order valence-electron chi connectivity index (χ4n) is 2.67. The lowest BCUT2D eigenvalue weighted by Gasteiger charge is -2.08. The summed E-state index contributed by atoms with van der Waals surface area (Å²) < 4.78 is 28.2. The Morgan fingerprint density at radius 1 is 1.18 bits per heavy atom. The maximum Gasteiger partial charge on any atom is 0.254 e. The van der Waals surface area contributed by atoms with Crippen molar-refractivity contribution in [2.75, 3.05) is 11.9 Å². The van der Waals surface area contributed by atoms with Crippen LogP contribution in [-0.4, -0.2) is 33.1 Å². The van der Waals surface area contributed by atoms with Crippen LogP contribution in [0.1, 0.15) is 36.7 Å². The molecule has 9 heteroatoms. The van der Waals surface area contributed by atoms with Gasteiger partial charge in [-0.25, -0.2) is 18.4 Å². The molecular weight excluding hydrogens is 368 g/mol. The fraction of sp³-hybridized carbons (Fsp3) is 0.263. The minimum atomic E-state index is -0.955. The van der Waals surface area contributed by atoms with Crippen LogP contribution < -0.4 is 10.6 Å². The Balaban J connectivity index is 1.54. The van der Waals surface area contributed by atoms with Crippen LogP contribution in [0, 0.1) is 11.6 Å². The third-order valence-electron chi connectivity index (χ3n) is 4.02. The lowest BCUT2D eigenvalue weighted by molar-refractivity contribution is -0.116. The van der Waals surface area contributed by atoms with E-state index in [1.165, 1.54) is 6.20 Å². The van der Waals surface area contributed by atoms with Gasteiger partial charge in [-0.15, -0.1) is 0 Å². The molecule has 0 radical (unpaired) electrons. The van der Waals surface area contributed by atoms with Crippen molar-refractivity contribution in [2.24, 2.45) is 0 Å². The van der Waals surface area contributed by atoms with Gasteiger partial charge in [-0.05, 0) is 32.0 Å². The van der Waals surface area contributed by atoms with Crippen LogP contribution in [0.2, 0.25) is 0 Å². The van der Waals surface area contributed by atoms with Crippen LogP contribution in [-0.2, 0) is 4.79 Å². The van der Waals surface area contributed by atoms with Gasteiger partial charge in [0.25, 0.3) is 5.91 Å². The summed E-state index contributed by atoms with van der Waals surface area (Å²) in [6.45, 7) is 3.99. The van der Waals surface area contributed by atoms with Crippen molar-refractivity contribution in [3.63, 3.8) is 0 Å². The summed E-state index contributed by atoms with van der Waals surface area (Å²) >= 11 is 0. The van der Waals surface area contributed by atoms with Gasteiger partial charge < -0.3 is 10.6 Å². The Bertz CT molecular complexity index is 1030. The molecule has 1 aromatic carbocycles. The third-order valence-corrected chi connectivity index (χ3v) is 4.02. The van der Waals surface area contributed by atoms with Crippen LogP contribution in [0.5, 0.6) is 0 Å². The number of carbonyl (C=O) groups is 2. The molecule has 0 saturated heterocycles. The minimum Gasteiger partial charge on any atom is -0.351 e. The highest BCUT2D eigenvalue weighted by molar-refractivity contribution is 5.96. The van der Waals surface area contributed by atoms with E-state index in [1.54, 1.807) is 16.9 Å². The lowest BCUT2D eigenvalue weighted by atomic mass is 10.2. The number of nitrogens with one attached hydrogen (secondary N) is 2. The maximum atomic E-state index is 13.6. The average molecular weight is 387 g/mol. The number of rotatable bonds is 6. The van der Waals surface area contributed by atoms with Crippen molar-refractivity contribution in [2.45, 2.75) is 26.3 Å². The Morgan fingerprint density at radius 2 is 1.96 bits per heavy atom. The quantitative estimate of drug-likeness (QED) is 0.680. The van der Waals surface area contributed by atoms with Crippen LogP contribution in [0.3, 0.4) is 0 Å². The molecule has 0 atom stereocenters. The molecular formula is C19H19F2N5O2. The topological polar surface area (TPSA) is 88.9 Å². The highest BCUT2D eigenvalue weighted by Gasteiger charge is 2.13. The zero-order valence-corrected chi connectivity index (χ0v) is 15.4. The first kappa shape index (κ1) is 19.4. The number of hydrogen-bond donors (Lipinski definition) is 2. The summed E-state index contributed by atoms with van der Waals surface area (Å²) in [5.74, 6) is -2.77. The number of hydrogen-bond acceptors (Lipinski definition) is 4. The molecule has 3 aromatic rings. The maximum absolute atomic E-state index is 13.6. The monoisotopic (exact) mass is 387 g/mol. The highest BCUT2D eigenvalue weighted by Crippen LogP contribution is 2.19. The molecule has 7 nitrogen and oxygen atoms in total. The number of carbonyl (C=O) groups excluding carboxylic acids is 2. The Labute approximate surface area is 159 Å². The molecule has 0 bridgehead atoms. The van der Waals surface area contributed by atoms with E-state index in [9.17, 15) is 18.4 Å². The van der Waals surface area contributed by atoms with Gasteiger partial charge in [0.1, 0.15) is 11.6 Å². The molecule has 0 spiro atoms. The van der Waals surface area contributed by atoms with Gasteiger partial charge in [0.2, 0.25) is 5.91 Å². The molecule has 0 fully saturated rings. The molecule has 2 aromatic heterocycles. The van der Waals surface area contributed by atoms with Gasteiger partial charge >= 0.3 is 0 Å². The second-order valence-electron chi connectivity index (χ2n) is 6.50. The first-order chi connectivity index (χ1) is 13.3. The second kappa shape index (κ2) is 8.12. The molecule has 146 valence electrons. The van der Waals surface area contributed by atoms with Crippen LogP contribution in [0.25, 0.3) is 11.0 Å². The van der Waals surface area contributed by atoms with E-state index in [1.807, 2.05) is 13.8 Å². The predicted octanol–water partition coefficient (Wildman–Crippen LogP) is 3.05. The van der Waals surface area contributed by atoms with E-state index in [2.05, 4.69) is 20.7 Å². The Morgan fingerprint density at radius 3 is 2.68 bits per heavy atom. The number of fused-ring (bicyclic) bond motifs is 1. The normalized spacial score (nSPS) is 11.0. The number of pyridine rings is 1. The molecule has 2 heterocycles. The van der Waals surface area contributed by atoms with Gasteiger partial charge in [0.05, 0.1) is 23.6 Å². The molecule has 3 rings (SSSR count). The summed E-state index contributed by atoms with van der Waals surface area (Å²) in [4.78, 5) is 28.3. The zero-order valence-electron chi connectivity index (χ0n) is 15.4. The predicted molar refractivity (Wildman–Crippen MR) is 99.9 cm³/mol. The van der Waals surface area contributed by atoms with Crippen molar-refractivity contribution in [1.29, 1.82) is 0 Å². The van der Waals surface area contributed by atoms with Gasteiger partial charge in [-0.2, -0.15) is 5.10 Å². The van der Waals surface area contributed by atoms with E-state index in [0.29, 0.717) is 11.8 Å². The highest BCUT2D eigenvalue weighted by atomic mass is 19.1. The largest absolute Gasteiger partial charge is 0.351 e. The van der Waals surface area contributed by atoms with Crippen LogP contribution in [0.15, 0.2) is 36.7 Å². The molecule has 0 aliphatic heterocycles. The molecule has 28 heavy (non-hydrogen) atoms. The van der Waals surface area contributed by atoms with Gasteiger partial charge in [-0.1, -0.05) is 0 Å². The van der Waals surface area contributed by atoms with Crippen molar-refractivity contribution in [3.05, 3.63) is 53.9 Å². The molecule has 2 N–H and O–H groups in total. The number of nitrogens with zero attached hydrogens (tertiary/aromatic N) is 3. The molecule has 0 unspecified atom stereocenters. The van der Waals surface area contributed by atoms with Crippen molar-refractivity contribution in [3.8, 4) is 0 Å². The van der Waals surface area contributed by atoms with E-state index in [0.717, 1.165) is 23.2 Å². The van der Waals surface area contributed by atoms with Crippen LogP contribution >= 0.6 is 0 Å². The van der Waals surface area contributed by atoms with Crippen LogP contribution in [0.4, 0.5) is 14.5 Å². The number of halogens is 2.